The van der Waals surface area contributed by atoms with Crippen LogP contribution in [0, 0.1) is 25.7 Å². The van der Waals surface area contributed by atoms with Crippen molar-refractivity contribution in [3.63, 3.8) is 0 Å². The van der Waals surface area contributed by atoms with Gasteiger partial charge in [0.2, 0.25) is 11.8 Å². The van der Waals surface area contributed by atoms with Gasteiger partial charge >= 0.3 is 0 Å². The van der Waals surface area contributed by atoms with Gasteiger partial charge in [-0.3, -0.25) is 9.59 Å². The van der Waals surface area contributed by atoms with E-state index in [1.807, 2.05) is 62.4 Å². The topological polar surface area (TPSA) is 58.2 Å². The Morgan fingerprint density at radius 2 is 1.17 bits per heavy atom. The molecule has 0 bridgehead atoms. The summed E-state index contributed by atoms with van der Waals surface area (Å²) in [6.45, 7) is 3.90. The Kier molecular flexibility index (Phi) is 4.15. The Bertz CT molecular complexity index is 691. The maximum absolute atomic E-state index is 12.3. The van der Waals surface area contributed by atoms with E-state index >= 15 is 0 Å². The summed E-state index contributed by atoms with van der Waals surface area (Å²) in [6, 6.07) is 15.3. The second-order valence-electron chi connectivity index (χ2n) is 6.06. The van der Waals surface area contributed by atoms with E-state index in [-0.39, 0.29) is 23.7 Å². The van der Waals surface area contributed by atoms with Crippen LogP contribution in [0.5, 0.6) is 0 Å². The van der Waals surface area contributed by atoms with Gasteiger partial charge in [0.05, 0.1) is 11.8 Å². The zero-order chi connectivity index (χ0) is 16.4. The summed E-state index contributed by atoms with van der Waals surface area (Å²) in [5.41, 5.74) is 3.65. The summed E-state index contributed by atoms with van der Waals surface area (Å²) in [4.78, 5) is 24.5. The van der Waals surface area contributed by atoms with Crippen molar-refractivity contribution in [2.24, 2.45) is 11.8 Å². The molecule has 2 aromatic rings. The number of nitrogens with one attached hydrogen (secondary N) is 2. The van der Waals surface area contributed by atoms with Crippen molar-refractivity contribution < 1.29 is 9.59 Å². The maximum atomic E-state index is 12.3. The maximum Gasteiger partial charge on any atom is 0.228 e. The molecule has 1 fully saturated rings. The minimum Gasteiger partial charge on any atom is -0.326 e. The largest absolute Gasteiger partial charge is 0.326 e. The standard InChI is InChI=1S/C19H20N2O2/c1-12-7-3-5-9-16(12)20-18(22)14-11-15(14)19(23)21-17-10-6-4-8-13(17)2/h3-10,14-15H,11H2,1-2H3,(H,20,22)(H,21,23). The molecule has 1 saturated carbocycles. The molecule has 0 radical (unpaired) electrons. The summed E-state index contributed by atoms with van der Waals surface area (Å²) in [6.07, 6.45) is 0.607. The molecule has 1 aliphatic carbocycles. The van der Waals surface area contributed by atoms with Crippen molar-refractivity contribution in [3.05, 3.63) is 59.7 Å². The predicted octanol–water partition coefficient (Wildman–Crippen LogP) is 3.52. The third-order valence-electron chi connectivity index (χ3n) is 4.27. The fourth-order valence-electron chi connectivity index (χ4n) is 2.65. The minimum absolute atomic E-state index is 0.0794. The molecular formula is C19H20N2O2. The number of anilines is 2. The van der Waals surface area contributed by atoms with Gasteiger partial charge in [-0.25, -0.2) is 0 Å². The molecule has 2 aromatic carbocycles. The minimum atomic E-state index is -0.237. The normalized spacial score (nSPS) is 19.0. The van der Waals surface area contributed by atoms with Crippen LogP contribution in [0.2, 0.25) is 0 Å². The lowest BCUT2D eigenvalue weighted by atomic mass is 10.2. The Hall–Kier alpha value is -2.62. The van der Waals surface area contributed by atoms with Gasteiger partial charge in [0.25, 0.3) is 0 Å². The molecule has 0 aliphatic heterocycles. The lowest BCUT2D eigenvalue weighted by Gasteiger charge is -2.09. The molecule has 23 heavy (non-hydrogen) atoms. The van der Waals surface area contributed by atoms with Gasteiger partial charge in [-0.2, -0.15) is 0 Å². The van der Waals surface area contributed by atoms with Gasteiger partial charge in [0, 0.05) is 11.4 Å². The van der Waals surface area contributed by atoms with Crippen LogP contribution in [0.25, 0.3) is 0 Å². The molecule has 0 aromatic heterocycles. The molecule has 1 aliphatic rings. The lowest BCUT2D eigenvalue weighted by Crippen LogP contribution is -2.21. The molecule has 2 atom stereocenters. The first-order valence-corrected chi connectivity index (χ1v) is 7.79. The molecule has 0 heterocycles. The molecule has 2 unspecified atom stereocenters. The summed E-state index contributed by atoms with van der Waals surface area (Å²) in [7, 11) is 0. The van der Waals surface area contributed by atoms with Crippen LogP contribution in [0.3, 0.4) is 0 Å². The molecule has 3 rings (SSSR count). The first kappa shape index (κ1) is 15.3. The van der Waals surface area contributed by atoms with Gasteiger partial charge in [-0.05, 0) is 43.5 Å². The third kappa shape index (κ3) is 3.42. The Morgan fingerprint density at radius 3 is 1.57 bits per heavy atom. The fourth-order valence-corrected chi connectivity index (χ4v) is 2.65. The highest BCUT2D eigenvalue weighted by Gasteiger charge is 2.48. The molecule has 0 spiro atoms. The first-order chi connectivity index (χ1) is 11.1. The van der Waals surface area contributed by atoms with Crippen LogP contribution >= 0.6 is 0 Å². The van der Waals surface area contributed by atoms with Gasteiger partial charge < -0.3 is 10.6 Å². The van der Waals surface area contributed by atoms with E-state index in [1.54, 1.807) is 0 Å². The van der Waals surface area contributed by atoms with Crippen molar-refractivity contribution in [3.8, 4) is 0 Å². The van der Waals surface area contributed by atoms with Gasteiger partial charge in [0.15, 0.2) is 0 Å². The lowest BCUT2D eigenvalue weighted by molar-refractivity contribution is -0.122. The highest BCUT2D eigenvalue weighted by molar-refractivity contribution is 6.03. The van der Waals surface area contributed by atoms with Crippen LogP contribution in [0.4, 0.5) is 11.4 Å². The number of rotatable bonds is 4. The number of benzene rings is 2. The van der Waals surface area contributed by atoms with E-state index in [4.69, 9.17) is 0 Å². The summed E-state index contributed by atoms with van der Waals surface area (Å²) in [5.74, 6) is -0.634. The second kappa shape index (κ2) is 6.24. The van der Waals surface area contributed by atoms with E-state index < -0.39 is 0 Å². The average Bonchev–Trinajstić information content (AvgIpc) is 3.32. The molecule has 4 nitrogen and oxygen atoms in total. The zero-order valence-corrected chi connectivity index (χ0v) is 13.3. The number of amides is 2. The molecule has 118 valence electrons. The van der Waals surface area contributed by atoms with Crippen LogP contribution in [-0.2, 0) is 9.59 Å². The molecule has 2 amide bonds. The van der Waals surface area contributed by atoms with Crippen molar-refractivity contribution in [1.82, 2.24) is 0 Å². The van der Waals surface area contributed by atoms with Crippen LogP contribution < -0.4 is 10.6 Å². The predicted molar refractivity (Wildman–Crippen MR) is 91.2 cm³/mol. The van der Waals surface area contributed by atoms with Crippen LogP contribution in [-0.4, -0.2) is 11.8 Å². The van der Waals surface area contributed by atoms with Crippen molar-refractivity contribution in [2.45, 2.75) is 20.3 Å². The number of carbonyl (C=O) groups excluding carboxylic acids is 2. The number of hydrogen-bond acceptors (Lipinski definition) is 2. The highest BCUT2D eigenvalue weighted by Crippen LogP contribution is 2.40. The summed E-state index contributed by atoms with van der Waals surface area (Å²) in [5, 5.41) is 5.83. The molecule has 2 N–H and O–H groups in total. The Labute approximate surface area is 135 Å². The van der Waals surface area contributed by atoms with Crippen molar-refractivity contribution in [1.29, 1.82) is 0 Å². The van der Waals surface area contributed by atoms with Crippen LogP contribution in [0.15, 0.2) is 48.5 Å². The smallest absolute Gasteiger partial charge is 0.228 e. The fraction of sp³-hybridized carbons (Fsp3) is 0.263. The van der Waals surface area contributed by atoms with Gasteiger partial charge in [-0.15, -0.1) is 0 Å². The average molecular weight is 308 g/mol. The molecule has 0 saturated heterocycles. The monoisotopic (exact) mass is 308 g/mol. The number of para-hydroxylation sites is 2. The van der Waals surface area contributed by atoms with Gasteiger partial charge in [0.1, 0.15) is 0 Å². The van der Waals surface area contributed by atoms with E-state index in [0.29, 0.717) is 6.42 Å². The quantitative estimate of drug-likeness (QED) is 0.908. The summed E-state index contributed by atoms with van der Waals surface area (Å²) < 4.78 is 0. The van der Waals surface area contributed by atoms with Gasteiger partial charge in [-0.1, -0.05) is 36.4 Å². The Balaban J connectivity index is 1.58. The summed E-state index contributed by atoms with van der Waals surface area (Å²) >= 11 is 0. The number of aryl methyl sites for hydroxylation is 2. The molecular weight excluding hydrogens is 288 g/mol. The van der Waals surface area contributed by atoms with E-state index in [1.165, 1.54) is 0 Å². The van der Waals surface area contributed by atoms with E-state index in [0.717, 1.165) is 22.5 Å². The second-order valence-corrected chi connectivity index (χ2v) is 6.06. The highest BCUT2D eigenvalue weighted by atomic mass is 16.2. The number of hydrogen-bond donors (Lipinski definition) is 2. The van der Waals surface area contributed by atoms with E-state index in [2.05, 4.69) is 10.6 Å². The van der Waals surface area contributed by atoms with E-state index in [9.17, 15) is 9.59 Å². The van der Waals surface area contributed by atoms with Crippen molar-refractivity contribution in [2.75, 3.05) is 10.6 Å². The zero-order valence-electron chi connectivity index (χ0n) is 13.3. The Morgan fingerprint density at radius 1 is 0.783 bits per heavy atom. The third-order valence-corrected chi connectivity index (χ3v) is 4.27. The number of carbonyl (C=O) groups is 2. The van der Waals surface area contributed by atoms with Crippen molar-refractivity contribution >= 4 is 23.2 Å². The SMILES string of the molecule is Cc1ccccc1NC(=O)C1CC1C(=O)Nc1ccccc1C. The first-order valence-electron chi connectivity index (χ1n) is 7.79. The van der Waals surface area contributed by atoms with Crippen LogP contribution in [0.1, 0.15) is 17.5 Å². The molecule has 4 heteroatoms.